The maximum atomic E-state index is 10.9. The third kappa shape index (κ3) is 4.32. The summed E-state index contributed by atoms with van der Waals surface area (Å²) in [5, 5.41) is 11.4. The monoisotopic (exact) mass is 213 g/mol. The minimum absolute atomic E-state index is 0.266. The van der Waals surface area contributed by atoms with Gasteiger partial charge in [0.25, 0.3) is 0 Å². The number of hydrogen-bond acceptors (Lipinski definition) is 2. The van der Waals surface area contributed by atoms with E-state index in [2.05, 4.69) is 5.32 Å². The van der Waals surface area contributed by atoms with Crippen LogP contribution in [-0.2, 0) is 9.59 Å². The first kappa shape index (κ1) is 12.0. The van der Waals surface area contributed by atoms with Gasteiger partial charge in [0.05, 0.1) is 0 Å². The van der Waals surface area contributed by atoms with Crippen molar-refractivity contribution < 1.29 is 14.7 Å². The Balaban J connectivity index is 2.42. The molecule has 1 fully saturated rings. The minimum Gasteiger partial charge on any atom is -0.480 e. The van der Waals surface area contributed by atoms with Gasteiger partial charge in [0.2, 0.25) is 5.91 Å². The predicted molar refractivity (Wildman–Crippen MR) is 56.4 cm³/mol. The predicted octanol–water partition coefficient (Wildman–Crippen LogP) is 1.55. The second-order valence-corrected chi connectivity index (χ2v) is 4.33. The second-order valence-electron chi connectivity index (χ2n) is 4.33. The Labute approximate surface area is 90.0 Å². The van der Waals surface area contributed by atoms with Crippen LogP contribution >= 0.6 is 0 Å². The van der Waals surface area contributed by atoms with Gasteiger partial charge in [-0.05, 0) is 12.3 Å². The van der Waals surface area contributed by atoms with E-state index in [9.17, 15) is 9.59 Å². The molecule has 0 radical (unpaired) electrons. The molecule has 4 nitrogen and oxygen atoms in total. The number of carboxylic acids is 1. The summed E-state index contributed by atoms with van der Waals surface area (Å²) in [5.74, 6) is -0.722. The Kier molecular flexibility index (Phi) is 4.59. The highest BCUT2D eigenvalue weighted by Gasteiger charge is 2.24. The van der Waals surface area contributed by atoms with Crippen LogP contribution in [0.25, 0.3) is 0 Å². The molecule has 1 saturated carbocycles. The summed E-state index contributed by atoms with van der Waals surface area (Å²) in [6.07, 6.45) is 6.42. The zero-order valence-electron chi connectivity index (χ0n) is 9.16. The molecule has 0 saturated heterocycles. The van der Waals surface area contributed by atoms with Gasteiger partial charge in [-0.15, -0.1) is 0 Å². The van der Waals surface area contributed by atoms with E-state index in [0.29, 0.717) is 12.3 Å². The topological polar surface area (TPSA) is 66.4 Å². The van der Waals surface area contributed by atoms with Gasteiger partial charge >= 0.3 is 5.97 Å². The van der Waals surface area contributed by atoms with Gasteiger partial charge in [-0.2, -0.15) is 0 Å². The maximum Gasteiger partial charge on any atom is 0.326 e. The van der Waals surface area contributed by atoms with Crippen molar-refractivity contribution in [3.8, 4) is 0 Å². The summed E-state index contributed by atoms with van der Waals surface area (Å²) in [6.45, 7) is 1.36. The van der Waals surface area contributed by atoms with E-state index in [1.165, 1.54) is 26.2 Å². The van der Waals surface area contributed by atoms with Gasteiger partial charge in [0.15, 0.2) is 0 Å². The Morgan fingerprint density at radius 1 is 1.33 bits per heavy atom. The lowest BCUT2D eigenvalue weighted by molar-refractivity contribution is -0.142. The SMILES string of the molecule is CC(=O)N[C@H](CC1CCCCC1)C(=O)O. The molecular formula is C11H19NO3. The molecular weight excluding hydrogens is 194 g/mol. The summed E-state index contributed by atoms with van der Waals surface area (Å²) in [5.41, 5.74) is 0. The molecule has 2 N–H and O–H groups in total. The number of amides is 1. The summed E-state index contributed by atoms with van der Waals surface area (Å²) in [7, 11) is 0. The van der Waals surface area contributed by atoms with Gasteiger partial charge in [0.1, 0.15) is 6.04 Å². The number of carboxylic acid groups (broad SMARTS) is 1. The summed E-state index contributed by atoms with van der Waals surface area (Å²) in [6, 6.07) is -0.703. The van der Waals surface area contributed by atoms with Crippen LogP contribution in [0.5, 0.6) is 0 Å². The molecule has 1 amide bonds. The van der Waals surface area contributed by atoms with E-state index in [1.54, 1.807) is 0 Å². The van der Waals surface area contributed by atoms with Crippen molar-refractivity contribution in [2.45, 2.75) is 51.5 Å². The van der Waals surface area contributed by atoms with Gasteiger partial charge in [-0.25, -0.2) is 4.79 Å². The Bertz CT molecular complexity index is 234. The fourth-order valence-electron chi connectivity index (χ4n) is 2.22. The smallest absolute Gasteiger partial charge is 0.326 e. The van der Waals surface area contributed by atoms with E-state index in [0.717, 1.165) is 12.8 Å². The molecule has 1 rings (SSSR count). The van der Waals surface area contributed by atoms with Crippen LogP contribution in [0.3, 0.4) is 0 Å². The minimum atomic E-state index is -0.921. The number of carbonyl (C=O) groups is 2. The standard InChI is InChI=1S/C11H19NO3/c1-8(13)12-10(11(14)15)7-9-5-3-2-4-6-9/h9-10H,2-7H2,1H3,(H,12,13)(H,14,15)/t10-/m1/s1. The van der Waals surface area contributed by atoms with E-state index >= 15 is 0 Å². The molecule has 1 aliphatic carbocycles. The van der Waals surface area contributed by atoms with Crippen LogP contribution in [-0.4, -0.2) is 23.0 Å². The first-order valence-corrected chi connectivity index (χ1v) is 5.59. The van der Waals surface area contributed by atoms with Crippen molar-refractivity contribution in [2.75, 3.05) is 0 Å². The van der Waals surface area contributed by atoms with Crippen molar-refractivity contribution >= 4 is 11.9 Å². The third-order valence-electron chi connectivity index (χ3n) is 2.97. The molecule has 0 aliphatic heterocycles. The lowest BCUT2D eigenvalue weighted by Gasteiger charge is -2.24. The molecule has 86 valence electrons. The Hall–Kier alpha value is -1.06. The largest absolute Gasteiger partial charge is 0.480 e. The van der Waals surface area contributed by atoms with E-state index in [4.69, 9.17) is 5.11 Å². The Morgan fingerprint density at radius 2 is 1.93 bits per heavy atom. The molecule has 1 atom stereocenters. The van der Waals surface area contributed by atoms with Gasteiger partial charge in [-0.1, -0.05) is 32.1 Å². The zero-order chi connectivity index (χ0) is 11.3. The van der Waals surface area contributed by atoms with Crippen molar-refractivity contribution in [3.63, 3.8) is 0 Å². The highest BCUT2D eigenvalue weighted by atomic mass is 16.4. The van der Waals surface area contributed by atoms with Gasteiger partial charge in [-0.3, -0.25) is 4.79 Å². The maximum absolute atomic E-state index is 10.9. The lowest BCUT2D eigenvalue weighted by atomic mass is 9.85. The number of aliphatic carboxylic acids is 1. The Morgan fingerprint density at radius 3 is 2.40 bits per heavy atom. The first-order valence-electron chi connectivity index (χ1n) is 5.59. The molecule has 0 aromatic heterocycles. The quantitative estimate of drug-likeness (QED) is 0.744. The van der Waals surface area contributed by atoms with Crippen LogP contribution in [0.1, 0.15) is 45.4 Å². The molecule has 1 aliphatic rings. The first-order chi connectivity index (χ1) is 7.09. The molecule has 0 unspecified atom stereocenters. The fraction of sp³-hybridized carbons (Fsp3) is 0.818. The highest BCUT2D eigenvalue weighted by Crippen LogP contribution is 2.27. The molecule has 15 heavy (non-hydrogen) atoms. The molecule has 0 spiro atoms. The second kappa shape index (κ2) is 5.73. The number of carbonyl (C=O) groups excluding carboxylic acids is 1. The number of hydrogen-bond donors (Lipinski definition) is 2. The average molecular weight is 213 g/mol. The molecule has 0 aromatic rings. The normalized spacial score (nSPS) is 19.5. The number of nitrogens with one attached hydrogen (secondary N) is 1. The van der Waals surface area contributed by atoms with Crippen molar-refractivity contribution in [3.05, 3.63) is 0 Å². The highest BCUT2D eigenvalue weighted by molar-refractivity contribution is 5.82. The van der Waals surface area contributed by atoms with E-state index < -0.39 is 12.0 Å². The molecule has 0 bridgehead atoms. The third-order valence-corrected chi connectivity index (χ3v) is 2.97. The molecule has 4 heteroatoms. The van der Waals surface area contributed by atoms with E-state index in [-0.39, 0.29) is 5.91 Å². The van der Waals surface area contributed by atoms with Gasteiger partial charge in [0, 0.05) is 6.92 Å². The fourth-order valence-corrected chi connectivity index (χ4v) is 2.22. The van der Waals surface area contributed by atoms with Crippen molar-refractivity contribution in [1.82, 2.24) is 5.32 Å². The summed E-state index contributed by atoms with van der Waals surface area (Å²) in [4.78, 5) is 21.7. The number of rotatable bonds is 4. The van der Waals surface area contributed by atoms with Crippen LogP contribution < -0.4 is 5.32 Å². The summed E-state index contributed by atoms with van der Waals surface area (Å²) < 4.78 is 0. The molecule has 0 heterocycles. The molecule has 0 aromatic carbocycles. The van der Waals surface area contributed by atoms with Crippen molar-refractivity contribution in [2.24, 2.45) is 5.92 Å². The average Bonchev–Trinajstić information content (AvgIpc) is 2.17. The van der Waals surface area contributed by atoms with Crippen LogP contribution in [0.15, 0.2) is 0 Å². The van der Waals surface area contributed by atoms with Crippen LogP contribution in [0.2, 0.25) is 0 Å². The summed E-state index contributed by atoms with van der Waals surface area (Å²) >= 11 is 0. The van der Waals surface area contributed by atoms with Crippen LogP contribution in [0.4, 0.5) is 0 Å². The van der Waals surface area contributed by atoms with E-state index in [1.807, 2.05) is 0 Å². The zero-order valence-corrected chi connectivity index (χ0v) is 9.16. The van der Waals surface area contributed by atoms with Gasteiger partial charge < -0.3 is 10.4 Å². The van der Waals surface area contributed by atoms with Crippen molar-refractivity contribution in [1.29, 1.82) is 0 Å². The lowest BCUT2D eigenvalue weighted by Crippen LogP contribution is -2.41. The van der Waals surface area contributed by atoms with Crippen LogP contribution in [0, 0.1) is 5.92 Å².